The molecule has 0 aliphatic heterocycles. The van der Waals surface area contributed by atoms with Crippen LogP contribution in [0.1, 0.15) is 11.8 Å². The number of benzene rings is 1. The van der Waals surface area contributed by atoms with Gasteiger partial charge in [0.1, 0.15) is 5.82 Å². The maximum absolute atomic E-state index is 12.9. The normalized spacial score (nSPS) is 13.6. The van der Waals surface area contributed by atoms with Gasteiger partial charge in [-0.25, -0.2) is 12.8 Å². The summed E-state index contributed by atoms with van der Waals surface area (Å²) in [5.41, 5.74) is 0. The molecule has 0 N–H and O–H groups in total. The Morgan fingerprint density at radius 2 is 1.90 bits per heavy atom. The van der Waals surface area contributed by atoms with Crippen molar-refractivity contribution in [3.8, 4) is 0 Å². The van der Waals surface area contributed by atoms with Crippen LogP contribution in [0.25, 0.3) is 0 Å². The Kier molecular flexibility index (Phi) is 4.57. The topological polar surface area (TPSA) is 37.4 Å². The number of rotatable bonds is 5. The molecule has 1 aromatic carbocycles. The van der Waals surface area contributed by atoms with Crippen molar-refractivity contribution in [3.63, 3.8) is 0 Å². The molecule has 1 aromatic heterocycles. The summed E-state index contributed by atoms with van der Waals surface area (Å²) < 4.78 is 39.1. The lowest BCUT2D eigenvalue weighted by Gasteiger charge is -2.24. The van der Waals surface area contributed by atoms with Gasteiger partial charge in [-0.2, -0.15) is 4.31 Å². The second kappa shape index (κ2) is 6.03. The van der Waals surface area contributed by atoms with Crippen molar-refractivity contribution >= 4 is 21.4 Å². The molecule has 1 heterocycles. The molecule has 0 saturated carbocycles. The fraction of sp³-hybridized carbons (Fsp3) is 0.286. The van der Waals surface area contributed by atoms with Crippen molar-refractivity contribution in [2.45, 2.75) is 24.3 Å². The van der Waals surface area contributed by atoms with Crippen molar-refractivity contribution in [2.75, 3.05) is 7.05 Å². The van der Waals surface area contributed by atoms with Crippen LogP contribution in [0.15, 0.2) is 46.7 Å². The molecule has 0 aliphatic carbocycles. The van der Waals surface area contributed by atoms with Crippen LogP contribution in [-0.2, 0) is 16.4 Å². The standard InChI is InChI=1S/C14H16FNO2S2/c1-11(10-13-4-3-9-19-13)16(2)20(17,18)14-7-5-12(15)6-8-14/h3-9,11H,10H2,1-2H3. The molecule has 0 amide bonds. The molecule has 0 aliphatic rings. The SMILES string of the molecule is CC(Cc1cccs1)N(C)S(=O)(=O)c1ccc(F)cc1. The highest BCUT2D eigenvalue weighted by atomic mass is 32.2. The summed E-state index contributed by atoms with van der Waals surface area (Å²) in [6.07, 6.45) is 0.661. The molecule has 1 unspecified atom stereocenters. The number of hydrogen-bond acceptors (Lipinski definition) is 3. The Hall–Kier alpha value is -1.24. The molecular weight excluding hydrogens is 297 g/mol. The quantitative estimate of drug-likeness (QED) is 0.850. The van der Waals surface area contributed by atoms with E-state index in [0.29, 0.717) is 6.42 Å². The van der Waals surface area contributed by atoms with E-state index in [1.165, 1.54) is 16.4 Å². The fourth-order valence-electron chi connectivity index (χ4n) is 1.86. The first kappa shape index (κ1) is 15.2. The molecule has 0 radical (unpaired) electrons. The smallest absolute Gasteiger partial charge is 0.207 e. The van der Waals surface area contributed by atoms with Gasteiger partial charge in [-0.1, -0.05) is 6.07 Å². The fourth-order valence-corrected chi connectivity index (χ4v) is 4.05. The van der Waals surface area contributed by atoms with E-state index in [-0.39, 0.29) is 10.9 Å². The van der Waals surface area contributed by atoms with E-state index >= 15 is 0 Å². The third-order valence-corrected chi connectivity index (χ3v) is 6.07. The van der Waals surface area contributed by atoms with Crippen LogP contribution in [0.3, 0.4) is 0 Å². The molecule has 3 nitrogen and oxygen atoms in total. The largest absolute Gasteiger partial charge is 0.243 e. The Labute approximate surface area is 122 Å². The second-order valence-electron chi connectivity index (χ2n) is 4.61. The molecule has 0 fully saturated rings. The van der Waals surface area contributed by atoms with Crippen molar-refractivity contribution in [1.29, 1.82) is 0 Å². The van der Waals surface area contributed by atoms with Crippen LogP contribution in [0, 0.1) is 5.82 Å². The van der Waals surface area contributed by atoms with Gasteiger partial charge >= 0.3 is 0 Å². The average molecular weight is 313 g/mol. The van der Waals surface area contributed by atoms with Crippen molar-refractivity contribution in [3.05, 3.63) is 52.5 Å². The zero-order valence-corrected chi connectivity index (χ0v) is 12.9. The summed E-state index contributed by atoms with van der Waals surface area (Å²) >= 11 is 1.61. The second-order valence-corrected chi connectivity index (χ2v) is 7.64. The Balaban J connectivity index is 2.18. The van der Waals surface area contributed by atoms with Gasteiger partial charge in [0.05, 0.1) is 4.90 Å². The lowest BCUT2D eigenvalue weighted by Crippen LogP contribution is -2.36. The predicted molar refractivity (Wildman–Crippen MR) is 78.8 cm³/mol. The summed E-state index contributed by atoms with van der Waals surface area (Å²) in [6, 6.07) is 8.66. The van der Waals surface area contributed by atoms with Gasteiger partial charge in [0, 0.05) is 18.0 Å². The lowest BCUT2D eigenvalue weighted by molar-refractivity contribution is 0.388. The minimum atomic E-state index is -3.59. The minimum Gasteiger partial charge on any atom is -0.207 e. The minimum absolute atomic E-state index is 0.111. The van der Waals surface area contributed by atoms with E-state index < -0.39 is 15.8 Å². The van der Waals surface area contributed by atoms with Crippen LogP contribution in [0.2, 0.25) is 0 Å². The van der Waals surface area contributed by atoms with Gasteiger partial charge < -0.3 is 0 Å². The number of thiophene rings is 1. The van der Waals surface area contributed by atoms with Crippen LogP contribution >= 0.6 is 11.3 Å². The van der Waals surface area contributed by atoms with Crippen LogP contribution in [0.5, 0.6) is 0 Å². The molecule has 108 valence electrons. The van der Waals surface area contributed by atoms with Gasteiger partial charge in [-0.05, 0) is 49.1 Å². The Morgan fingerprint density at radius 3 is 2.45 bits per heavy atom. The summed E-state index contributed by atoms with van der Waals surface area (Å²) in [6.45, 7) is 1.86. The summed E-state index contributed by atoms with van der Waals surface area (Å²) in [4.78, 5) is 1.25. The first-order chi connectivity index (χ1) is 9.41. The molecule has 1 atom stereocenters. The third kappa shape index (κ3) is 3.26. The number of likely N-dealkylation sites (N-methyl/N-ethyl adjacent to an activating group) is 1. The summed E-state index contributed by atoms with van der Waals surface area (Å²) in [7, 11) is -2.03. The number of nitrogens with zero attached hydrogens (tertiary/aromatic N) is 1. The van der Waals surface area contributed by atoms with Crippen LogP contribution < -0.4 is 0 Å². The highest BCUT2D eigenvalue weighted by Gasteiger charge is 2.25. The van der Waals surface area contributed by atoms with Crippen molar-refractivity contribution in [1.82, 2.24) is 4.31 Å². The van der Waals surface area contributed by atoms with E-state index in [9.17, 15) is 12.8 Å². The zero-order chi connectivity index (χ0) is 14.8. The molecule has 20 heavy (non-hydrogen) atoms. The monoisotopic (exact) mass is 313 g/mol. The molecule has 2 aromatic rings. The van der Waals surface area contributed by atoms with E-state index in [1.54, 1.807) is 18.4 Å². The van der Waals surface area contributed by atoms with Gasteiger partial charge in [-0.3, -0.25) is 0 Å². The Bertz CT molecular complexity index is 651. The third-order valence-electron chi connectivity index (χ3n) is 3.19. The summed E-state index contributed by atoms with van der Waals surface area (Å²) in [5.74, 6) is -0.446. The summed E-state index contributed by atoms with van der Waals surface area (Å²) in [5, 5.41) is 1.97. The zero-order valence-electron chi connectivity index (χ0n) is 11.3. The first-order valence-corrected chi connectivity index (χ1v) is 8.49. The van der Waals surface area contributed by atoms with E-state index in [0.717, 1.165) is 17.0 Å². The van der Waals surface area contributed by atoms with Crippen molar-refractivity contribution in [2.24, 2.45) is 0 Å². The average Bonchev–Trinajstić information content (AvgIpc) is 2.91. The van der Waals surface area contributed by atoms with E-state index in [2.05, 4.69) is 0 Å². The van der Waals surface area contributed by atoms with Crippen LogP contribution in [-0.4, -0.2) is 25.8 Å². The number of sulfonamides is 1. The predicted octanol–water partition coefficient (Wildman–Crippen LogP) is 3.14. The molecule has 0 spiro atoms. The van der Waals surface area contributed by atoms with Crippen LogP contribution in [0.4, 0.5) is 4.39 Å². The molecular formula is C14H16FNO2S2. The van der Waals surface area contributed by atoms with Gasteiger partial charge in [0.25, 0.3) is 0 Å². The Morgan fingerprint density at radius 1 is 1.25 bits per heavy atom. The number of hydrogen-bond donors (Lipinski definition) is 0. The van der Waals surface area contributed by atoms with E-state index in [4.69, 9.17) is 0 Å². The van der Waals surface area contributed by atoms with Crippen molar-refractivity contribution < 1.29 is 12.8 Å². The highest BCUT2D eigenvalue weighted by Crippen LogP contribution is 2.20. The first-order valence-electron chi connectivity index (χ1n) is 6.17. The maximum Gasteiger partial charge on any atom is 0.243 e. The molecule has 0 saturated heterocycles. The maximum atomic E-state index is 12.9. The molecule has 0 bridgehead atoms. The molecule has 6 heteroatoms. The van der Waals surface area contributed by atoms with E-state index in [1.807, 2.05) is 24.4 Å². The molecule has 2 rings (SSSR count). The van der Waals surface area contributed by atoms with Gasteiger partial charge in [0.2, 0.25) is 10.0 Å². The van der Waals surface area contributed by atoms with Gasteiger partial charge in [0.15, 0.2) is 0 Å². The van der Waals surface area contributed by atoms with Gasteiger partial charge in [-0.15, -0.1) is 11.3 Å². The lowest BCUT2D eigenvalue weighted by atomic mass is 10.2. The number of halogens is 1. The highest BCUT2D eigenvalue weighted by molar-refractivity contribution is 7.89.